The number of amides is 1. The van der Waals surface area contributed by atoms with E-state index in [-0.39, 0.29) is 5.78 Å². The largest absolute Gasteiger partial charge is 0.444 e. The molecule has 6 heteroatoms. The molecule has 1 N–H and O–H groups in total. The normalized spacial score (nSPS) is 12.9. The highest BCUT2D eigenvalue weighted by Gasteiger charge is 2.22. The molecular weight excluding hydrogens is 274 g/mol. The van der Waals surface area contributed by atoms with Crippen molar-refractivity contribution in [2.24, 2.45) is 0 Å². The Kier molecular flexibility index (Phi) is 4.76. The molecule has 1 atom stereocenters. The van der Waals surface area contributed by atoms with E-state index in [1.54, 1.807) is 39.8 Å². The maximum absolute atomic E-state index is 11.9. The lowest BCUT2D eigenvalue weighted by atomic mass is 10.2. The fourth-order valence-corrected chi connectivity index (χ4v) is 2.28. The third kappa shape index (κ3) is 4.66. The molecule has 0 bridgehead atoms. The van der Waals surface area contributed by atoms with Gasteiger partial charge in [0.1, 0.15) is 5.60 Å². The van der Waals surface area contributed by atoms with Crippen molar-refractivity contribution in [2.45, 2.75) is 39.3 Å². The Morgan fingerprint density at radius 3 is 2.44 bits per heavy atom. The second-order valence-corrected chi connectivity index (χ2v) is 6.55. The highest BCUT2D eigenvalue weighted by molar-refractivity contribution is 7.18. The van der Waals surface area contributed by atoms with E-state index in [1.807, 2.05) is 0 Å². The first-order valence-corrected chi connectivity index (χ1v) is 6.67. The zero-order valence-corrected chi connectivity index (χ0v) is 12.3. The summed E-state index contributed by atoms with van der Waals surface area (Å²) in [5, 5.41) is 2.50. The molecule has 1 unspecified atom stereocenters. The molecule has 18 heavy (non-hydrogen) atoms. The van der Waals surface area contributed by atoms with Gasteiger partial charge in [0.2, 0.25) is 0 Å². The van der Waals surface area contributed by atoms with Crippen LogP contribution in [-0.4, -0.2) is 23.5 Å². The third-order valence-corrected chi connectivity index (χ3v) is 3.19. The predicted molar refractivity (Wildman–Crippen MR) is 72.5 cm³/mol. The highest BCUT2D eigenvalue weighted by atomic mass is 35.5. The number of carbonyl (C=O) groups is 2. The Bertz CT molecular complexity index is 450. The summed E-state index contributed by atoms with van der Waals surface area (Å²) in [5.41, 5.74) is -0.584. The fraction of sp³-hybridized carbons (Fsp3) is 0.500. The minimum Gasteiger partial charge on any atom is -0.444 e. The fourth-order valence-electron chi connectivity index (χ4n) is 1.21. The summed E-state index contributed by atoms with van der Waals surface area (Å²) < 4.78 is 5.62. The Morgan fingerprint density at radius 2 is 2.00 bits per heavy atom. The lowest BCUT2D eigenvalue weighted by molar-refractivity contribution is 0.0497. The molecule has 0 saturated heterocycles. The second kappa shape index (κ2) is 5.71. The van der Waals surface area contributed by atoms with Crippen molar-refractivity contribution in [3.63, 3.8) is 0 Å². The summed E-state index contributed by atoms with van der Waals surface area (Å²) in [7, 11) is 0. The lowest BCUT2D eigenvalue weighted by Gasteiger charge is -2.21. The van der Waals surface area contributed by atoms with Crippen LogP contribution in [0.3, 0.4) is 0 Å². The van der Waals surface area contributed by atoms with Crippen molar-refractivity contribution in [3.05, 3.63) is 21.3 Å². The molecule has 1 aromatic rings. The van der Waals surface area contributed by atoms with Crippen LogP contribution < -0.4 is 5.32 Å². The van der Waals surface area contributed by atoms with Gasteiger partial charge >= 0.3 is 6.09 Å². The zero-order chi connectivity index (χ0) is 13.9. The number of halogens is 1. The van der Waals surface area contributed by atoms with Crippen molar-refractivity contribution in [2.75, 3.05) is 0 Å². The quantitative estimate of drug-likeness (QED) is 0.867. The molecule has 0 aromatic carbocycles. The van der Waals surface area contributed by atoms with E-state index in [2.05, 4.69) is 5.32 Å². The van der Waals surface area contributed by atoms with Crippen molar-refractivity contribution >= 4 is 34.8 Å². The maximum Gasteiger partial charge on any atom is 0.408 e. The molecule has 0 aliphatic carbocycles. The van der Waals surface area contributed by atoms with Gasteiger partial charge in [-0.1, -0.05) is 11.6 Å². The summed E-state index contributed by atoms with van der Waals surface area (Å²) in [6, 6.07) is 2.65. The molecule has 1 aromatic heterocycles. The number of hydrogen-bond donors (Lipinski definition) is 1. The molecule has 1 amide bonds. The number of hydrogen-bond acceptors (Lipinski definition) is 4. The average molecular weight is 290 g/mol. The van der Waals surface area contributed by atoms with Crippen LogP contribution in [0.1, 0.15) is 37.4 Å². The van der Waals surface area contributed by atoms with E-state index in [0.29, 0.717) is 9.21 Å². The SMILES string of the molecule is CC(NC(=O)OC(C)(C)C)C(=O)c1ccc(Cl)s1. The first-order valence-electron chi connectivity index (χ1n) is 5.48. The van der Waals surface area contributed by atoms with Crippen LogP contribution in [0.25, 0.3) is 0 Å². The van der Waals surface area contributed by atoms with Crippen LogP contribution in [-0.2, 0) is 4.74 Å². The van der Waals surface area contributed by atoms with Gasteiger partial charge in [0.05, 0.1) is 15.3 Å². The average Bonchev–Trinajstić information content (AvgIpc) is 2.60. The molecular formula is C12H16ClNO3S. The van der Waals surface area contributed by atoms with Crippen LogP contribution in [0.5, 0.6) is 0 Å². The number of thiophene rings is 1. The van der Waals surface area contributed by atoms with Crippen LogP contribution >= 0.6 is 22.9 Å². The summed E-state index contributed by atoms with van der Waals surface area (Å²) in [5.74, 6) is -0.183. The van der Waals surface area contributed by atoms with Gasteiger partial charge in [0.15, 0.2) is 5.78 Å². The van der Waals surface area contributed by atoms with Crippen molar-refractivity contribution in [1.29, 1.82) is 0 Å². The topological polar surface area (TPSA) is 55.4 Å². The van der Waals surface area contributed by atoms with Crippen molar-refractivity contribution in [3.8, 4) is 0 Å². The molecule has 0 aliphatic heterocycles. The number of nitrogens with one attached hydrogen (secondary N) is 1. The molecule has 100 valence electrons. The molecule has 0 fully saturated rings. The maximum atomic E-state index is 11.9. The van der Waals surface area contributed by atoms with Crippen LogP contribution in [0.15, 0.2) is 12.1 Å². The van der Waals surface area contributed by atoms with Gasteiger partial charge in [0, 0.05) is 0 Å². The monoisotopic (exact) mass is 289 g/mol. The Morgan fingerprint density at radius 1 is 1.39 bits per heavy atom. The summed E-state index contributed by atoms with van der Waals surface area (Å²) in [4.78, 5) is 24.0. The van der Waals surface area contributed by atoms with E-state index in [0.717, 1.165) is 0 Å². The minimum absolute atomic E-state index is 0.183. The second-order valence-electron chi connectivity index (χ2n) is 4.84. The van der Waals surface area contributed by atoms with Crippen LogP contribution in [0.2, 0.25) is 4.34 Å². The third-order valence-electron chi connectivity index (χ3n) is 1.94. The van der Waals surface area contributed by atoms with E-state index >= 15 is 0 Å². The molecule has 0 spiro atoms. The molecule has 0 saturated carbocycles. The van der Waals surface area contributed by atoms with Gasteiger partial charge in [0.25, 0.3) is 0 Å². The highest BCUT2D eigenvalue weighted by Crippen LogP contribution is 2.22. The van der Waals surface area contributed by atoms with Gasteiger partial charge in [-0.2, -0.15) is 0 Å². The zero-order valence-electron chi connectivity index (χ0n) is 10.7. The van der Waals surface area contributed by atoms with Crippen molar-refractivity contribution < 1.29 is 14.3 Å². The predicted octanol–water partition coefficient (Wildman–Crippen LogP) is 3.50. The van der Waals surface area contributed by atoms with Gasteiger partial charge in [-0.25, -0.2) is 4.79 Å². The molecule has 4 nitrogen and oxygen atoms in total. The lowest BCUT2D eigenvalue weighted by Crippen LogP contribution is -2.41. The number of Topliss-reactive ketones (excluding diaryl/α,β-unsaturated/α-hetero) is 1. The van der Waals surface area contributed by atoms with Crippen LogP contribution in [0, 0.1) is 0 Å². The number of ether oxygens (including phenoxy) is 1. The summed E-state index contributed by atoms with van der Waals surface area (Å²) >= 11 is 6.94. The van der Waals surface area contributed by atoms with Gasteiger partial charge in [-0.15, -0.1) is 11.3 Å². The van der Waals surface area contributed by atoms with E-state index < -0.39 is 17.7 Å². The number of carbonyl (C=O) groups excluding carboxylic acids is 2. The van der Waals surface area contributed by atoms with Crippen molar-refractivity contribution in [1.82, 2.24) is 5.32 Å². The summed E-state index contributed by atoms with van der Waals surface area (Å²) in [6.45, 7) is 6.90. The summed E-state index contributed by atoms with van der Waals surface area (Å²) in [6.07, 6.45) is -0.606. The smallest absolute Gasteiger partial charge is 0.408 e. The minimum atomic E-state index is -0.644. The Balaban J connectivity index is 2.58. The van der Waals surface area contributed by atoms with E-state index in [9.17, 15) is 9.59 Å². The Hall–Kier alpha value is -1.07. The molecule has 1 rings (SSSR count). The van der Waals surface area contributed by atoms with Gasteiger partial charge in [-0.05, 0) is 39.8 Å². The Labute approximate surface area is 115 Å². The number of ketones is 1. The molecule has 1 heterocycles. The van der Waals surface area contributed by atoms with Gasteiger partial charge in [-0.3, -0.25) is 4.79 Å². The van der Waals surface area contributed by atoms with E-state index in [1.165, 1.54) is 11.3 Å². The van der Waals surface area contributed by atoms with Crippen LogP contribution in [0.4, 0.5) is 4.79 Å². The molecule has 0 radical (unpaired) electrons. The molecule has 0 aliphatic rings. The number of rotatable bonds is 3. The first kappa shape index (κ1) is 15.0. The number of alkyl carbamates (subject to hydrolysis) is 1. The first-order chi connectivity index (χ1) is 8.19. The standard InChI is InChI=1S/C12H16ClNO3S/c1-7(14-11(16)17-12(2,3)4)10(15)8-5-6-9(13)18-8/h5-7H,1-4H3,(H,14,16). The van der Waals surface area contributed by atoms with Gasteiger partial charge < -0.3 is 10.1 Å². The van der Waals surface area contributed by atoms with E-state index in [4.69, 9.17) is 16.3 Å².